The number of allylic oxidation sites excluding steroid dienone is 1. The van der Waals surface area contributed by atoms with Crippen molar-refractivity contribution in [3.05, 3.63) is 12.3 Å². The van der Waals surface area contributed by atoms with Crippen LogP contribution in [-0.4, -0.2) is 26.6 Å². The molecule has 0 aromatic heterocycles. The van der Waals surface area contributed by atoms with Gasteiger partial charge in [-0.05, 0) is 19.8 Å². The molecular weight excluding hydrogens is 264 g/mol. The highest BCUT2D eigenvalue weighted by Gasteiger charge is 2.28. The molecule has 21 heavy (non-hydrogen) atoms. The largest absolute Gasteiger partial charge is 0.502 e. The summed E-state index contributed by atoms with van der Waals surface area (Å²) < 4.78 is 16.6. The Kier molecular flexibility index (Phi) is 14.0. The minimum Gasteiger partial charge on any atom is -0.502 e. The fourth-order valence-electron chi connectivity index (χ4n) is 2.56. The number of rotatable bonds is 15. The molecule has 0 fully saturated rings. The lowest BCUT2D eigenvalue weighted by Gasteiger charge is -2.31. The van der Waals surface area contributed by atoms with Gasteiger partial charge >= 0.3 is 0 Å². The van der Waals surface area contributed by atoms with Crippen LogP contribution in [0.2, 0.25) is 0 Å². The number of hydrogen-bond donors (Lipinski definition) is 0. The lowest BCUT2D eigenvalue weighted by Crippen LogP contribution is -2.34. The molecule has 0 aliphatic carbocycles. The standard InChI is InChI=1S/C18H36O3/c1-5-7-8-9-10-11-12-14-18(19-3,20-4)15-13-17-21-16-6-2/h6,16H,5,7-15,17H2,1-4H3. The van der Waals surface area contributed by atoms with Gasteiger partial charge in [-0.2, -0.15) is 0 Å². The minimum absolute atomic E-state index is 0.428. The Morgan fingerprint density at radius 3 is 1.95 bits per heavy atom. The minimum atomic E-state index is -0.428. The highest BCUT2D eigenvalue weighted by molar-refractivity contribution is 4.71. The summed E-state index contributed by atoms with van der Waals surface area (Å²) >= 11 is 0. The summed E-state index contributed by atoms with van der Waals surface area (Å²) in [5.74, 6) is -0.428. The zero-order valence-electron chi connectivity index (χ0n) is 14.7. The van der Waals surface area contributed by atoms with E-state index < -0.39 is 5.79 Å². The smallest absolute Gasteiger partial charge is 0.167 e. The molecule has 0 amide bonds. The van der Waals surface area contributed by atoms with Crippen LogP contribution < -0.4 is 0 Å². The third-order valence-electron chi connectivity index (χ3n) is 3.96. The average molecular weight is 300 g/mol. The van der Waals surface area contributed by atoms with Crippen molar-refractivity contribution in [1.82, 2.24) is 0 Å². The summed E-state index contributed by atoms with van der Waals surface area (Å²) in [4.78, 5) is 0. The van der Waals surface area contributed by atoms with Crippen LogP contribution in [0.25, 0.3) is 0 Å². The Labute approximate surface area is 132 Å². The van der Waals surface area contributed by atoms with E-state index in [1.54, 1.807) is 20.5 Å². The molecule has 0 spiro atoms. The van der Waals surface area contributed by atoms with Gasteiger partial charge in [-0.25, -0.2) is 0 Å². The van der Waals surface area contributed by atoms with E-state index in [9.17, 15) is 0 Å². The Bertz CT molecular complexity index is 235. The van der Waals surface area contributed by atoms with Gasteiger partial charge < -0.3 is 14.2 Å². The van der Waals surface area contributed by atoms with E-state index in [-0.39, 0.29) is 0 Å². The molecule has 0 saturated heterocycles. The number of ether oxygens (including phenoxy) is 3. The van der Waals surface area contributed by atoms with Crippen molar-refractivity contribution in [1.29, 1.82) is 0 Å². The van der Waals surface area contributed by atoms with Crippen LogP contribution in [-0.2, 0) is 14.2 Å². The van der Waals surface area contributed by atoms with Gasteiger partial charge in [0.25, 0.3) is 0 Å². The van der Waals surface area contributed by atoms with Crippen molar-refractivity contribution in [2.24, 2.45) is 0 Å². The molecule has 0 bridgehead atoms. The molecule has 0 aromatic rings. The van der Waals surface area contributed by atoms with Crippen LogP contribution >= 0.6 is 0 Å². The van der Waals surface area contributed by atoms with Crippen LogP contribution in [0.1, 0.15) is 78.1 Å². The van der Waals surface area contributed by atoms with Crippen LogP contribution in [0.15, 0.2) is 12.3 Å². The second-order valence-corrected chi connectivity index (χ2v) is 5.63. The first-order chi connectivity index (χ1) is 10.2. The quantitative estimate of drug-likeness (QED) is 0.229. The summed E-state index contributed by atoms with van der Waals surface area (Å²) in [6, 6.07) is 0. The Morgan fingerprint density at radius 1 is 0.810 bits per heavy atom. The first-order valence-electron chi connectivity index (χ1n) is 8.57. The molecule has 0 saturated carbocycles. The van der Waals surface area contributed by atoms with Crippen LogP contribution in [0.4, 0.5) is 0 Å². The first kappa shape index (κ1) is 20.5. The molecule has 0 atom stereocenters. The lowest BCUT2D eigenvalue weighted by molar-refractivity contribution is -0.216. The Balaban J connectivity index is 3.82. The summed E-state index contributed by atoms with van der Waals surface area (Å²) in [6.45, 7) is 4.93. The zero-order valence-corrected chi connectivity index (χ0v) is 14.7. The maximum atomic E-state index is 5.64. The van der Waals surface area contributed by atoms with E-state index in [2.05, 4.69) is 6.92 Å². The molecule has 0 aliphatic heterocycles. The normalized spacial score (nSPS) is 12.2. The molecule has 3 heteroatoms. The zero-order chi connectivity index (χ0) is 15.8. The SMILES string of the molecule is CC=COCCCC(CCCCCCCCC)(OC)OC. The summed E-state index contributed by atoms with van der Waals surface area (Å²) in [5.41, 5.74) is 0. The Morgan fingerprint density at radius 2 is 1.38 bits per heavy atom. The molecule has 0 rings (SSSR count). The molecule has 126 valence electrons. The molecule has 0 aromatic carbocycles. The van der Waals surface area contributed by atoms with Crippen molar-refractivity contribution >= 4 is 0 Å². The van der Waals surface area contributed by atoms with Gasteiger partial charge in [-0.3, -0.25) is 0 Å². The molecule has 0 heterocycles. The highest BCUT2D eigenvalue weighted by atomic mass is 16.7. The van der Waals surface area contributed by atoms with E-state index in [0.717, 1.165) is 25.9 Å². The van der Waals surface area contributed by atoms with Crippen molar-refractivity contribution in [2.75, 3.05) is 20.8 Å². The van der Waals surface area contributed by atoms with Gasteiger partial charge in [0.1, 0.15) is 0 Å². The molecule has 0 aliphatic rings. The van der Waals surface area contributed by atoms with Gasteiger partial charge in [-0.15, -0.1) is 0 Å². The van der Waals surface area contributed by atoms with E-state index in [4.69, 9.17) is 14.2 Å². The van der Waals surface area contributed by atoms with Crippen molar-refractivity contribution in [2.45, 2.75) is 83.8 Å². The van der Waals surface area contributed by atoms with Crippen LogP contribution in [0.5, 0.6) is 0 Å². The van der Waals surface area contributed by atoms with Gasteiger partial charge in [0.15, 0.2) is 5.79 Å². The van der Waals surface area contributed by atoms with Gasteiger partial charge in [0.2, 0.25) is 0 Å². The average Bonchev–Trinajstić information content (AvgIpc) is 2.52. The number of methoxy groups -OCH3 is 2. The molecule has 0 N–H and O–H groups in total. The van der Waals surface area contributed by atoms with Crippen LogP contribution in [0.3, 0.4) is 0 Å². The van der Waals surface area contributed by atoms with Crippen molar-refractivity contribution in [3.63, 3.8) is 0 Å². The first-order valence-corrected chi connectivity index (χ1v) is 8.57. The molecule has 0 unspecified atom stereocenters. The van der Waals surface area contributed by atoms with Gasteiger partial charge in [-0.1, -0.05) is 51.5 Å². The van der Waals surface area contributed by atoms with Crippen molar-refractivity contribution < 1.29 is 14.2 Å². The van der Waals surface area contributed by atoms with E-state index in [0.29, 0.717) is 0 Å². The molecule has 3 nitrogen and oxygen atoms in total. The maximum Gasteiger partial charge on any atom is 0.167 e. The third kappa shape index (κ3) is 10.8. The fourth-order valence-corrected chi connectivity index (χ4v) is 2.56. The molecule has 0 radical (unpaired) electrons. The van der Waals surface area contributed by atoms with Crippen molar-refractivity contribution in [3.8, 4) is 0 Å². The highest BCUT2D eigenvalue weighted by Crippen LogP contribution is 2.26. The van der Waals surface area contributed by atoms with E-state index in [1.165, 1.54) is 44.9 Å². The number of unbranched alkanes of at least 4 members (excludes halogenated alkanes) is 6. The lowest BCUT2D eigenvalue weighted by atomic mass is 10.0. The number of hydrogen-bond acceptors (Lipinski definition) is 3. The second-order valence-electron chi connectivity index (χ2n) is 5.63. The summed E-state index contributed by atoms with van der Waals surface area (Å²) in [7, 11) is 3.50. The predicted octanol–water partition coefficient (Wildman–Crippen LogP) is 5.45. The summed E-state index contributed by atoms with van der Waals surface area (Å²) in [5, 5.41) is 0. The monoisotopic (exact) mass is 300 g/mol. The van der Waals surface area contributed by atoms with Gasteiger partial charge in [0.05, 0.1) is 12.9 Å². The topological polar surface area (TPSA) is 27.7 Å². The van der Waals surface area contributed by atoms with E-state index >= 15 is 0 Å². The molecular formula is C18H36O3. The third-order valence-corrected chi connectivity index (χ3v) is 3.96. The Hall–Kier alpha value is -0.540. The van der Waals surface area contributed by atoms with Crippen LogP contribution in [0, 0.1) is 0 Å². The maximum absolute atomic E-state index is 5.64. The van der Waals surface area contributed by atoms with Gasteiger partial charge in [0, 0.05) is 27.1 Å². The summed E-state index contributed by atoms with van der Waals surface area (Å²) in [6.07, 6.45) is 15.6. The second kappa shape index (κ2) is 14.4. The predicted molar refractivity (Wildman–Crippen MR) is 89.4 cm³/mol. The fraction of sp³-hybridized carbons (Fsp3) is 0.889. The van der Waals surface area contributed by atoms with E-state index in [1.807, 2.05) is 13.0 Å².